The van der Waals surface area contributed by atoms with Crippen LogP contribution in [0.4, 0.5) is 5.69 Å². The van der Waals surface area contributed by atoms with Crippen molar-refractivity contribution in [3.63, 3.8) is 0 Å². The standard InChI is InChI=1S/C20H18Cl2N2O3/c1-12(2)27-18-7-4-13(9-19(18)26-3)8-14(11-23)20(25)24-17-10-15(21)5-6-16(17)22/h4-10,12H,1-3H3,(H,24,25)/b14-8+. The van der Waals surface area contributed by atoms with Gasteiger partial charge in [-0.15, -0.1) is 0 Å². The first-order valence-electron chi connectivity index (χ1n) is 8.07. The third kappa shape index (κ3) is 5.65. The molecule has 0 aliphatic heterocycles. The predicted octanol–water partition coefficient (Wildman–Crippen LogP) is 5.33. The average Bonchev–Trinajstić information content (AvgIpc) is 2.63. The quantitative estimate of drug-likeness (QED) is 0.521. The second-order valence-corrected chi connectivity index (χ2v) is 6.67. The summed E-state index contributed by atoms with van der Waals surface area (Å²) in [6.07, 6.45) is 1.44. The molecule has 27 heavy (non-hydrogen) atoms. The topological polar surface area (TPSA) is 71.3 Å². The molecule has 0 aromatic heterocycles. The Kier molecular flexibility index (Phi) is 7.12. The second-order valence-electron chi connectivity index (χ2n) is 5.83. The summed E-state index contributed by atoms with van der Waals surface area (Å²) in [6, 6.07) is 11.7. The van der Waals surface area contributed by atoms with Crippen molar-refractivity contribution in [1.29, 1.82) is 5.26 Å². The molecule has 5 nitrogen and oxygen atoms in total. The van der Waals surface area contributed by atoms with Crippen LogP contribution in [0.1, 0.15) is 19.4 Å². The molecule has 0 saturated heterocycles. The van der Waals surface area contributed by atoms with Gasteiger partial charge >= 0.3 is 0 Å². The molecule has 0 aliphatic carbocycles. The summed E-state index contributed by atoms with van der Waals surface area (Å²) >= 11 is 12.0. The van der Waals surface area contributed by atoms with Crippen molar-refractivity contribution in [2.45, 2.75) is 20.0 Å². The Hall–Kier alpha value is -2.68. The van der Waals surface area contributed by atoms with Crippen LogP contribution in [0.15, 0.2) is 42.0 Å². The number of nitrogens with zero attached hydrogens (tertiary/aromatic N) is 1. The number of nitriles is 1. The molecule has 0 spiro atoms. The Balaban J connectivity index is 2.28. The van der Waals surface area contributed by atoms with Crippen LogP contribution in [0.25, 0.3) is 6.08 Å². The summed E-state index contributed by atoms with van der Waals surface area (Å²) in [6.45, 7) is 3.82. The summed E-state index contributed by atoms with van der Waals surface area (Å²) in [5.41, 5.74) is 0.853. The molecule has 0 saturated carbocycles. The highest BCUT2D eigenvalue weighted by Crippen LogP contribution is 2.30. The van der Waals surface area contributed by atoms with Crippen molar-refractivity contribution in [3.05, 3.63) is 57.6 Å². The van der Waals surface area contributed by atoms with Gasteiger partial charge in [-0.05, 0) is 55.8 Å². The minimum absolute atomic E-state index is 0.0109. The first kappa shape index (κ1) is 20.6. The van der Waals surface area contributed by atoms with Crippen LogP contribution in [0.3, 0.4) is 0 Å². The van der Waals surface area contributed by atoms with E-state index in [0.717, 1.165) is 0 Å². The molecular weight excluding hydrogens is 387 g/mol. The van der Waals surface area contributed by atoms with E-state index in [4.69, 9.17) is 32.7 Å². The number of carbonyl (C=O) groups is 1. The molecular formula is C20H18Cl2N2O3. The molecule has 0 atom stereocenters. The fraction of sp³-hybridized carbons (Fsp3) is 0.200. The van der Waals surface area contributed by atoms with E-state index in [1.165, 1.54) is 19.3 Å². The number of anilines is 1. The van der Waals surface area contributed by atoms with E-state index in [9.17, 15) is 10.1 Å². The van der Waals surface area contributed by atoms with Crippen LogP contribution in [0.2, 0.25) is 10.0 Å². The lowest BCUT2D eigenvalue weighted by atomic mass is 10.1. The Bertz CT molecular complexity index is 918. The molecule has 1 N–H and O–H groups in total. The van der Waals surface area contributed by atoms with Crippen molar-refractivity contribution in [2.75, 3.05) is 12.4 Å². The highest BCUT2D eigenvalue weighted by molar-refractivity contribution is 6.36. The molecule has 0 bridgehead atoms. The maximum absolute atomic E-state index is 12.4. The molecule has 0 unspecified atom stereocenters. The van der Waals surface area contributed by atoms with Crippen LogP contribution in [-0.4, -0.2) is 19.1 Å². The van der Waals surface area contributed by atoms with Gasteiger partial charge < -0.3 is 14.8 Å². The van der Waals surface area contributed by atoms with Crippen molar-refractivity contribution in [2.24, 2.45) is 0 Å². The van der Waals surface area contributed by atoms with E-state index in [1.54, 1.807) is 30.3 Å². The number of ether oxygens (including phenoxy) is 2. The lowest BCUT2D eigenvalue weighted by Gasteiger charge is -2.14. The zero-order chi connectivity index (χ0) is 20.0. The maximum atomic E-state index is 12.4. The van der Waals surface area contributed by atoms with Gasteiger partial charge in [-0.25, -0.2) is 0 Å². The molecule has 0 aliphatic rings. The SMILES string of the molecule is COc1cc(/C=C(\C#N)C(=O)Nc2cc(Cl)ccc2Cl)ccc1OC(C)C. The maximum Gasteiger partial charge on any atom is 0.266 e. The number of methoxy groups -OCH3 is 1. The van der Waals surface area contributed by atoms with Crippen molar-refractivity contribution >= 4 is 40.9 Å². The van der Waals surface area contributed by atoms with Gasteiger partial charge in [0.25, 0.3) is 5.91 Å². The normalized spacial score (nSPS) is 11.1. The number of halogens is 2. The van der Waals surface area contributed by atoms with Gasteiger partial charge in [-0.1, -0.05) is 29.3 Å². The lowest BCUT2D eigenvalue weighted by molar-refractivity contribution is -0.112. The number of rotatable bonds is 6. The van der Waals surface area contributed by atoms with E-state index in [0.29, 0.717) is 32.8 Å². The molecule has 2 aromatic carbocycles. The number of hydrogen-bond acceptors (Lipinski definition) is 4. The fourth-order valence-electron chi connectivity index (χ4n) is 2.22. The van der Waals surface area contributed by atoms with Crippen molar-refractivity contribution < 1.29 is 14.3 Å². The average molecular weight is 405 g/mol. The van der Waals surface area contributed by atoms with Crippen LogP contribution in [0, 0.1) is 11.3 Å². The highest BCUT2D eigenvalue weighted by Gasteiger charge is 2.13. The van der Waals surface area contributed by atoms with Gasteiger partial charge in [0.05, 0.1) is 23.9 Å². The smallest absolute Gasteiger partial charge is 0.266 e. The molecule has 0 fully saturated rings. The van der Waals surface area contributed by atoms with E-state index >= 15 is 0 Å². The van der Waals surface area contributed by atoms with E-state index < -0.39 is 5.91 Å². The van der Waals surface area contributed by atoms with Gasteiger partial charge in [0, 0.05) is 5.02 Å². The second kappa shape index (κ2) is 9.31. The van der Waals surface area contributed by atoms with E-state index in [-0.39, 0.29) is 11.7 Å². The largest absolute Gasteiger partial charge is 0.493 e. The van der Waals surface area contributed by atoms with Crippen LogP contribution < -0.4 is 14.8 Å². The van der Waals surface area contributed by atoms with Crippen molar-refractivity contribution in [3.8, 4) is 17.6 Å². The Labute approximate surface area is 168 Å². The third-order valence-electron chi connectivity index (χ3n) is 3.40. The summed E-state index contributed by atoms with van der Waals surface area (Å²) in [5, 5.41) is 12.7. The molecule has 2 aromatic rings. The first-order valence-corrected chi connectivity index (χ1v) is 8.82. The fourth-order valence-corrected chi connectivity index (χ4v) is 2.56. The van der Waals surface area contributed by atoms with Crippen molar-refractivity contribution in [1.82, 2.24) is 0 Å². The molecule has 0 heterocycles. The van der Waals surface area contributed by atoms with Crippen LogP contribution in [-0.2, 0) is 4.79 Å². The minimum atomic E-state index is -0.594. The zero-order valence-corrected chi connectivity index (χ0v) is 16.6. The summed E-state index contributed by atoms with van der Waals surface area (Å²) in [4.78, 5) is 12.4. The Morgan fingerprint density at radius 2 is 1.93 bits per heavy atom. The number of carbonyl (C=O) groups excluding carboxylic acids is 1. The van der Waals surface area contributed by atoms with Gasteiger partial charge in [0.15, 0.2) is 11.5 Å². The van der Waals surface area contributed by atoms with Crippen LogP contribution in [0.5, 0.6) is 11.5 Å². The number of nitrogens with one attached hydrogen (secondary N) is 1. The van der Waals surface area contributed by atoms with Gasteiger partial charge in [-0.3, -0.25) is 4.79 Å². The number of benzene rings is 2. The van der Waals surface area contributed by atoms with Crippen LogP contribution >= 0.6 is 23.2 Å². The molecule has 7 heteroatoms. The molecule has 2 rings (SSSR count). The van der Waals surface area contributed by atoms with Gasteiger partial charge in [0.2, 0.25) is 0 Å². The van der Waals surface area contributed by atoms with Gasteiger partial charge in [0.1, 0.15) is 11.6 Å². The highest BCUT2D eigenvalue weighted by atomic mass is 35.5. The molecule has 1 amide bonds. The summed E-state index contributed by atoms with van der Waals surface area (Å²) in [7, 11) is 1.52. The van der Waals surface area contributed by atoms with Gasteiger partial charge in [-0.2, -0.15) is 5.26 Å². The third-order valence-corrected chi connectivity index (χ3v) is 3.97. The minimum Gasteiger partial charge on any atom is -0.493 e. The first-order chi connectivity index (χ1) is 12.8. The Morgan fingerprint density at radius 3 is 2.56 bits per heavy atom. The zero-order valence-electron chi connectivity index (χ0n) is 15.0. The number of amides is 1. The molecule has 0 radical (unpaired) electrons. The van der Waals surface area contributed by atoms with E-state index in [1.807, 2.05) is 19.9 Å². The monoisotopic (exact) mass is 404 g/mol. The number of hydrogen-bond donors (Lipinski definition) is 1. The lowest BCUT2D eigenvalue weighted by Crippen LogP contribution is -2.13. The van der Waals surface area contributed by atoms with E-state index in [2.05, 4.69) is 5.32 Å². The Morgan fingerprint density at radius 1 is 1.19 bits per heavy atom. The summed E-state index contributed by atoms with van der Waals surface area (Å²) in [5.74, 6) is 0.495. The summed E-state index contributed by atoms with van der Waals surface area (Å²) < 4.78 is 11.0. The molecule has 140 valence electrons. The predicted molar refractivity (Wildman–Crippen MR) is 107 cm³/mol.